The van der Waals surface area contributed by atoms with Crippen molar-refractivity contribution in [2.45, 2.75) is 122 Å². The molecule has 11 unspecified atom stereocenters. The van der Waals surface area contributed by atoms with E-state index in [0.717, 1.165) is 0 Å². The average Bonchev–Trinajstić information content (AvgIpc) is 3.12. The lowest BCUT2D eigenvalue weighted by Gasteiger charge is -2.30. The van der Waals surface area contributed by atoms with Crippen LogP contribution in [0.15, 0.2) is 0 Å². The van der Waals surface area contributed by atoms with Gasteiger partial charge in [0.2, 0.25) is 41.4 Å². The molecule has 304 valence electrons. The van der Waals surface area contributed by atoms with Crippen molar-refractivity contribution in [3.05, 3.63) is 0 Å². The van der Waals surface area contributed by atoms with Gasteiger partial charge in [0.05, 0.1) is 6.04 Å². The normalized spacial score (nSPS) is 27.1. The van der Waals surface area contributed by atoms with Crippen LogP contribution in [0.2, 0.25) is 0 Å². The van der Waals surface area contributed by atoms with E-state index in [1.54, 1.807) is 13.8 Å². The Morgan fingerprint density at radius 3 is 1.45 bits per heavy atom. The summed E-state index contributed by atoms with van der Waals surface area (Å²) in [6, 6.07) is -7.43. The number of carbonyl (C=O) groups is 7. The van der Waals surface area contributed by atoms with E-state index in [-0.39, 0.29) is 56.9 Å². The molecule has 0 saturated carbocycles. The number of carbonyl (C=O) groups excluding carboxylic acids is 7. The largest absolute Gasteiger partial charge is 0.354 e. The van der Waals surface area contributed by atoms with Gasteiger partial charge >= 0.3 is 0 Å². The van der Waals surface area contributed by atoms with E-state index in [1.807, 2.05) is 20.8 Å². The Bertz CT molecular complexity index is 1220. The van der Waals surface area contributed by atoms with Crippen molar-refractivity contribution in [3.8, 4) is 0 Å². The van der Waals surface area contributed by atoms with Gasteiger partial charge in [-0.2, -0.15) is 0 Å². The van der Waals surface area contributed by atoms with Crippen molar-refractivity contribution in [3.63, 3.8) is 0 Å². The van der Waals surface area contributed by atoms with Gasteiger partial charge in [-0.05, 0) is 50.4 Å². The van der Waals surface area contributed by atoms with Crippen LogP contribution in [-0.2, 0) is 33.6 Å². The minimum absolute atomic E-state index is 0.0000619. The number of nitrogens with two attached hydrogens (primary N) is 1. The molecule has 21 heteroatoms. The van der Waals surface area contributed by atoms with Crippen LogP contribution in [-0.4, -0.2) is 110 Å². The highest BCUT2D eigenvalue weighted by atomic mass is 31.0. The Morgan fingerprint density at radius 2 is 1.02 bits per heavy atom. The Hall–Kier alpha value is -2.58. The van der Waals surface area contributed by atoms with E-state index >= 15 is 0 Å². The molecule has 12 N–H and O–H groups in total. The predicted octanol–water partition coefficient (Wildman–Crippen LogP) is -2.45. The molecule has 1 rings (SSSR count). The first-order chi connectivity index (χ1) is 25.1. The molecule has 53 heavy (non-hydrogen) atoms. The zero-order chi connectivity index (χ0) is 40.1. The van der Waals surface area contributed by atoms with Gasteiger partial charge in [0.1, 0.15) is 36.3 Å². The van der Waals surface area contributed by atoms with Crippen LogP contribution in [0.3, 0.4) is 0 Å². The second kappa shape index (κ2) is 26.3. The van der Waals surface area contributed by atoms with Crippen LogP contribution in [0.4, 0.5) is 0 Å². The summed E-state index contributed by atoms with van der Waals surface area (Å²) in [6.07, 6.45) is 1.45. The summed E-state index contributed by atoms with van der Waals surface area (Å²) in [4.78, 5) is 94.8. The van der Waals surface area contributed by atoms with Gasteiger partial charge in [-0.15, -0.1) is 0 Å². The summed E-state index contributed by atoms with van der Waals surface area (Å²) >= 11 is 0. The van der Waals surface area contributed by atoms with E-state index in [1.165, 1.54) is 0 Å². The fourth-order valence-corrected chi connectivity index (χ4v) is 5.96. The number of hydrogen-bond acceptors (Lipinski definition) is 11. The molecule has 0 spiro atoms. The third kappa shape index (κ3) is 17.6. The number of nitrogens with one attached hydrogen (secondary N) is 10. The van der Waals surface area contributed by atoms with Gasteiger partial charge in [0.25, 0.3) is 0 Å². The lowest BCUT2D eigenvalue weighted by atomic mass is 9.96. The first-order valence-electron chi connectivity index (χ1n) is 18.3. The average molecular weight is 808 g/mol. The fourth-order valence-electron chi connectivity index (χ4n) is 5.46. The van der Waals surface area contributed by atoms with Gasteiger partial charge in [-0.3, -0.25) is 33.6 Å². The van der Waals surface area contributed by atoms with E-state index in [4.69, 9.17) is 5.73 Å². The third-order valence-corrected chi connectivity index (χ3v) is 9.76. The molecule has 0 aromatic carbocycles. The van der Waals surface area contributed by atoms with Gasteiger partial charge in [0.15, 0.2) is 0 Å². The predicted molar refractivity (Wildman–Crippen MR) is 213 cm³/mol. The number of amides is 7. The third-order valence-electron chi connectivity index (χ3n) is 8.90. The minimum Gasteiger partial charge on any atom is -0.354 e. The van der Waals surface area contributed by atoms with Gasteiger partial charge in [-0.1, -0.05) is 69.2 Å². The van der Waals surface area contributed by atoms with Crippen LogP contribution < -0.4 is 58.2 Å². The van der Waals surface area contributed by atoms with Crippen molar-refractivity contribution < 1.29 is 33.6 Å². The number of rotatable bonds is 14. The quantitative estimate of drug-likeness (QED) is 0.0822. The van der Waals surface area contributed by atoms with Crippen LogP contribution in [0.1, 0.15) is 79.6 Å². The van der Waals surface area contributed by atoms with Crippen molar-refractivity contribution in [1.82, 2.24) is 52.5 Å². The van der Waals surface area contributed by atoms with Crippen molar-refractivity contribution in [2.75, 3.05) is 26.2 Å². The van der Waals surface area contributed by atoms with Crippen molar-refractivity contribution in [2.24, 2.45) is 17.6 Å². The van der Waals surface area contributed by atoms with Crippen LogP contribution in [0, 0.1) is 11.8 Å². The second-order valence-electron chi connectivity index (χ2n) is 13.6. The lowest BCUT2D eigenvalue weighted by Crippen LogP contribution is -2.61. The first-order valence-corrected chi connectivity index (χ1v) is 20.0. The maximum atomic E-state index is 13.9. The Morgan fingerprint density at radius 1 is 0.604 bits per heavy atom. The van der Waals surface area contributed by atoms with Gasteiger partial charge in [0, 0.05) is 26.2 Å². The highest BCUT2D eigenvalue weighted by Gasteiger charge is 2.35. The summed E-state index contributed by atoms with van der Waals surface area (Å²) in [6.45, 7) is 10.1. The smallest absolute Gasteiger partial charge is 0.243 e. The standard InChI is InChI=1S/C32H64N11O7P3/c1-6-18(5)25-32(50)41-23(11-15-37-53)29(47)40-22(10-14-36-52)28(46)38-20(7-2)27(45)34-12-8-19(33)26(44)39-21(9-13-35-51)30(48)42-24(16-17(3)4)31(49)43-25/h17-25,35-37H,6-16,33,51-53H2,1-5H3,(H,34,45)(H,38,46)(H,39,44)(H,40,47)(H,41,50)(H,42,48)(H,43,49). The molecule has 0 bridgehead atoms. The van der Waals surface area contributed by atoms with E-state index < -0.39 is 83.6 Å². The molecule has 18 nitrogen and oxygen atoms in total. The molecule has 1 saturated heterocycles. The molecule has 1 heterocycles. The lowest BCUT2D eigenvalue weighted by molar-refractivity contribution is -0.136. The fraction of sp³-hybridized carbons (Fsp3) is 0.781. The summed E-state index contributed by atoms with van der Waals surface area (Å²) in [7, 11) is 6.98. The summed E-state index contributed by atoms with van der Waals surface area (Å²) in [5, 5.41) is 27.8. The molecule has 0 aromatic heterocycles. The molecule has 11 atom stereocenters. The molecule has 0 radical (unpaired) electrons. The Balaban J connectivity index is 3.66. The summed E-state index contributed by atoms with van der Waals surface area (Å²) in [5.74, 6) is -4.63. The minimum atomic E-state index is -1.10. The van der Waals surface area contributed by atoms with Crippen LogP contribution in [0.5, 0.6) is 0 Å². The van der Waals surface area contributed by atoms with Crippen LogP contribution in [0.25, 0.3) is 0 Å². The van der Waals surface area contributed by atoms with E-state index in [2.05, 4.69) is 80.7 Å². The molecule has 7 amide bonds. The first kappa shape index (κ1) is 48.4. The topological polar surface area (TPSA) is 266 Å². The number of hydrogen-bond donors (Lipinski definition) is 11. The highest BCUT2D eigenvalue weighted by Crippen LogP contribution is 2.13. The van der Waals surface area contributed by atoms with Crippen LogP contribution >= 0.6 is 28.2 Å². The van der Waals surface area contributed by atoms with Crippen molar-refractivity contribution >= 4 is 69.5 Å². The SMILES string of the molecule is CCC1NC(=O)C(CCNP)NC(=O)C(CCNP)NC(=O)C(C(C)CC)NC(=O)C(CC(C)C)NC(=O)C(CCNP)NC(=O)C(N)CCNC1=O. The van der Waals surface area contributed by atoms with Gasteiger partial charge < -0.3 is 58.2 Å². The molecular formula is C32H64N11O7P3. The molecule has 1 aliphatic heterocycles. The van der Waals surface area contributed by atoms with E-state index in [9.17, 15) is 33.6 Å². The molecule has 0 aliphatic carbocycles. The summed E-state index contributed by atoms with van der Waals surface area (Å²) < 4.78 is 0. The molecular weight excluding hydrogens is 743 g/mol. The molecule has 1 fully saturated rings. The molecule has 0 aromatic rings. The highest BCUT2D eigenvalue weighted by molar-refractivity contribution is 7.14. The Labute approximate surface area is 320 Å². The van der Waals surface area contributed by atoms with E-state index in [0.29, 0.717) is 26.1 Å². The van der Waals surface area contributed by atoms with Gasteiger partial charge in [-0.25, -0.2) is 0 Å². The summed E-state index contributed by atoms with van der Waals surface area (Å²) in [5.41, 5.74) is 6.15. The zero-order valence-corrected chi connectivity index (χ0v) is 35.1. The Kier molecular flexibility index (Phi) is 24.0. The maximum absolute atomic E-state index is 13.9. The second-order valence-corrected chi connectivity index (χ2v) is 14.9. The monoisotopic (exact) mass is 807 g/mol. The zero-order valence-electron chi connectivity index (χ0n) is 31.6. The maximum Gasteiger partial charge on any atom is 0.243 e. The molecule has 1 aliphatic rings. The van der Waals surface area contributed by atoms with Crippen molar-refractivity contribution in [1.29, 1.82) is 0 Å².